The van der Waals surface area contributed by atoms with Gasteiger partial charge in [-0.05, 0) is 13.8 Å². The molecular weight excluding hydrogens is 579 g/mol. The molecule has 0 aromatic carbocycles. The number of phosphoric acid groups is 3. The highest BCUT2D eigenvalue weighted by Gasteiger charge is 2.62. The summed E-state index contributed by atoms with van der Waals surface area (Å²) in [6.45, 7) is 0.0613. The molecule has 37 heavy (non-hydrogen) atoms. The van der Waals surface area contributed by atoms with E-state index in [4.69, 9.17) is 24.8 Å². The molecule has 1 aliphatic rings. The normalized spacial score (nSPS) is 28.3. The topological polar surface area (TPSA) is 286 Å². The molecule has 3 rings (SSSR count). The van der Waals surface area contributed by atoms with Gasteiger partial charge in [-0.2, -0.15) is 13.6 Å². The van der Waals surface area contributed by atoms with Crippen LogP contribution in [0.5, 0.6) is 0 Å². The van der Waals surface area contributed by atoms with Gasteiger partial charge in [0.25, 0.3) is 5.56 Å². The van der Waals surface area contributed by atoms with Gasteiger partial charge in [-0.1, -0.05) is 0 Å². The van der Waals surface area contributed by atoms with Crippen LogP contribution in [-0.4, -0.2) is 74.4 Å². The van der Waals surface area contributed by atoms with E-state index in [1.807, 2.05) is 4.98 Å². The molecule has 0 aliphatic carbocycles. The third-order valence-corrected chi connectivity index (χ3v) is 9.10. The van der Waals surface area contributed by atoms with Crippen LogP contribution in [0.3, 0.4) is 0 Å². The van der Waals surface area contributed by atoms with Crippen molar-refractivity contribution in [1.29, 1.82) is 0 Å². The predicted molar refractivity (Wildman–Crippen MR) is 115 cm³/mol. The standard InChI is InChI=1S/C14H21F2N4O14P3/c1-13(2,32-36(27,28)34-37(29,30)33-35(24,25)26)8-7(21)14(23,4-15)11(31-8)20-3-5(16)6-9(20)18-12(17)19-10(6)22/h3,7-8,11,21,23H,4H2,1-2H3,(H,27,28)(H,29,30)(H2,24,25,26)(H3,17,18,19,22)/t7?,8-,11+,14+/m0/s1. The molecule has 0 saturated carbocycles. The third-order valence-electron chi connectivity index (χ3n) is 5.07. The van der Waals surface area contributed by atoms with Crippen LogP contribution in [0.25, 0.3) is 11.0 Å². The highest BCUT2D eigenvalue weighted by atomic mass is 31.3. The molecule has 0 bridgehead atoms. The van der Waals surface area contributed by atoms with Gasteiger partial charge in [0.05, 0.1) is 0 Å². The molecule has 1 aliphatic heterocycles. The number of halogens is 2. The van der Waals surface area contributed by atoms with Crippen molar-refractivity contribution in [3.8, 4) is 0 Å². The maximum absolute atomic E-state index is 14.5. The van der Waals surface area contributed by atoms with Crippen LogP contribution >= 0.6 is 23.5 Å². The average Bonchev–Trinajstić information content (AvgIpc) is 3.12. The number of hydrogen-bond donors (Lipinski definition) is 8. The van der Waals surface area contributed by atoms with Gasteiger partial charge in [0.15, 0.2) is 23.3 Å². The summed E-state index contributed by atoms with van der Waals surface area (Å²) in [4.78, 5) is 54.2. The second-order valence-electron chi connectivity index (χ2n) is 8.30. The highest BCUT2D eigenvalue weighted by Crippen LogP contribution is 2.67. The molecule has 1 fully saturated rings. The fourth-order valence-corrected chi connectivity index (χ4v) is 7.03. The first-order chi connectivity index (χ1) is 16.6. The number of nitrogen functional groups attached to an aromatic ring is 1. The van der Waals surface area contributed by atoms with E-state index in [1.54, 1.807) is 0 Å². The monoisotopic (exact) mass is 600 g/mol. The molecule has 9 N–H and O–H groups in total. The van der Waals surface area contributed by atoms with Crippen molar-refractivity contribution in [1.82, 2.24) is 14.5 Å². The van der Waals surface area contributed by atoms with Crippen LogP contribution < -0.4 is 11.3 Å². The Morgan fingerprint density at radius 3 is 2.38 bits per heavy atom. The number of anilines is 1. The minimum absolute atomic E-state index is 0.497. The Morgan fingerprint density at radius 1 is 1.24 bits per heavy atom. The van der Waals surface area contributed by atoms with Crippen LogP contribution in [0.2, 0.25) is 0 Å². The molecular formula is C14H21F2N4O14P3. The molecule has 3 unspecified atom stereocenters. The molecule has 3 heterocycles. The molecule has 0 radical (unpaired) electrons. The second-order valence-corrected chi connectivity index (χ2v) is 12.6. The van der Waals surface area contributed by atoms with Gasteiger partial charge in [-0.3, -0.25) is 18.9 Å². The van der Waals surface area contributed by atoms with Crippen molar-refractivity contribution >= 4 is 40.4 Å². The Morgan fingerprint density at radius 2 is 1.84 bits per heavy atom. The number of ether oxygens (including phenoxy) is 1. The highest BCUT2D eigenvalue weighted by molar-refractivity contribution is 7.66. The Balaban J connectivity index is 1.98. The van der Waals surface area contributed by atoms with Gasteiger partial charge in [-0.25, -0.2) is 22.5 Å². The van der Waals surface area contributed by atoms with E-state index in [9.17, 15) is 47.3 Å². The fraction of sp³-hybridized carbons (Fsp3) is 0.571. The van der Waals surface area contributed by atoms with Crippen molar-refractivity contribution in [2.45, 2.75) is 43.5 Å². The molecule has 2 aromatic rings. The van der Waals surface area contributed by atoms with Crippen molar-refractivity contribution < 1.29 is 70.1 Å². The number of nitrogens with one attached hydrogen (secondary N) is 1. The number of rotatable bonds is 9. The molecule has 0 amide bonds. The Hall–Kier alpha value is -1.63. The molecule has 6 atom stereocenters. The second kappa shape index (κ2) is 9.53. The van der Waals surface area contributed by atoms with Crippen molar-refractivity contribution in [3.63, 3.8) is 0 Å². The first kappa shape index (κ1) is 29.9. The van der Waals surface area contributed by atoms with Gasteiger partial charge < -0.3 is 40.3 Å². The maximum atomic E-state index is 14.5. The first-order valence-electron chi connectivity index (χ1n) is 9.65. The zero-order chi connectivity index (χ0) is 28.4. The molecule has 0 spiro atoms. The number of aromatic nitrogens is 3. The number of nitrogens with two attached hydrogens (primary N) is 1. The van der Waals surface area contributed by atoms with Crippen LogP contribution in [0, 0.1) is 5.82 Å². The minimum Gasteiger partial charge on any atom is -0.387 e. The lowest BCUT2D eigenvalue weighted by atomic mass is 9.88. The largest absolute Gasteiger partial charge is 0.490 e. The molecule has 210 valence electrons. The lowest BCUT2D eigenvalue weighted by Crippen LogP contribution is -2.53. The third kappa shape index (κ3) is 6.02. The number of phosphoric ester groups is 1. The fourth-order valence-electron chi connectivity index (χ4n) is 3.69. The molecule has 2 aromatic heterocycles. The lowest BCUT2D eigenvalue weighted by molar-refractivity contribution is -0.126. The van der Waals surface area contributed by atoms with E-state index in [0.29, 0.717) is 10.8 Å². The van der Waals surface area contributed by atoms with E-state index >= 15 is 0 Å². The Labute approximate surface area is 204 Å². The van der Waals surface area contributed by atoms with E-state index in [-0.39, 0.29) is 0 Å². The van der Waals surface area contributed by atoms with Crippen LogP contribution in [-0.2, 0) is 31.6 Å². The zero-order valence-corrected chi connectivity index (χ0v) is 21.2. The summed E-state index contributed by atoms with van der Waals surface area (Å²) >= 11 is 0. The minimum atomic E-state index is -5.91. The summed E-state index contributed by atoms with van der Waals surface area (Å²) in [5, 5.41) is 20.9. The summed E-state index contributed by atoms with van der Waals surface area (Å²) in [6.07, 6.45) is -5.77. The number of nitrogens with zero attached hydrogens (tertiary/aromatic N) is 2. The van der Waals surface area contributed by atoms with Gasteiger partial charge in [0.2, 0.25) is 5.95 Å². The summed E-state index contributed by atoms with van der Waals surface area (Å²) in [5.41, 5.74) is -1.35. The Bertz CT molecular complexity index is 1410. The zero-order valence-electron chi connectivity index (χ0n) is 18.5. The van der Waals surface area contributed by atoms with E-state index in [2.05, 4.69) is 13.6 Å². The maximum Gasteiger partial charge on any atom is 0.490 e. The van der Waals surface area contributed by atoms with Gasteiger partial charge in [0, 0.05) is 6.20 Å². The van der Waals surface area contributed by atoms with E-state index in [1.165, 1.54) is 0 Å². The van der Waals surface area contributed by atoms with Crippen molar-refractivity contribution in [2.24, 2.45) is 0 Å². The summed E-state index contributed by atoms with van der Waals surface area (Å²) in [7, 11) is -17.4. The smallest absolute Gasteiger partial charge is 0.387 e. The van der Waals surface area contributed by atoms with Crippen LogP contribution in [0.15, 0.2) is 11.0 Å². The molecule has 1 saturated heterocycles. The SMILES string of the molecule is CC(C)(OP(=O)(O)OP(=O)(O)OP(=O)(O)O)[C@H]1O[C@@H](n2cc(F)c3c(=O)[nH]c(N)nc32)[C@@](O)(CF)C1O. The van der Waals surface area contributed by atoms with Gasteiger partial charge in [-0.15, -0.1) is 0 Å². The number of aromatic amines is 1. The molecule has 18 nitrogen and oxygen atoms in total. The summed E-state index contributed by atoms with van der Waals surface area (Å²) < 4.78 is 81.2. The van der Waals surface area contributed by atoms with E-state index < -0.39 is 88.1 Å². The number of alkyl halides is 1. The van der Waals surface area contributed by atoms with Crippen molar-refractivity contribution in [2.75, 3.05) is 12.4 Å². The Kier molecular flexibility index (Phi) is 7.71. The number of aliphatic hydroxyl groups excluding tert-OH is 1. The number of fused-ring (bicyclic) bond motifs is 1. The van der Waals surface area contributed by atoms with Crippen LogP contribution in [0.1, 0.15) is 20.1 Å². The summed E-state index contributed by atoms with van der Waals surface area (Å²) in [6, 6.07) is 0. The predicted octanol–water partition coefficient (Wildman–Crippen LogP) is -0.473. The first-order valence-corrected chi connectivity index (χ1v) is 14.2. The average molecular weight is 600 g/mol. The number of aliphatic hydroxyl groups is 2. The quantitative estimate of drug-likeness (QED) is 0.169. The van der Waals surface area contributed by atoms with Crippen molar-refractivity contribution in [3.05, 3.63) is 22.4 Å². The van der Waals surface area contributed by atoms with Gasteiger partial charge in [0.1, 0.15) is 29.9 Å². The lowest BCUT2D eigenvalue weighted by Gasteiger charge is -2.34. The van der Waals surface area contributed by atoms with Crippen LogP contribution in [0.4, 0.5) is 14.7 Å². The number of H-pyrrole nitrogens is 1. The van der Waals surface area contributed by atoms with Gasteiger partial charge >= 0.3 is 23.5 Å². The molecule has 23 heteroatoms. The van der Waals surface area contributed by atoms with E-state index in [0.717, 1.165) is 13.8 Å². The summed E-state index contributed by atoms with van der Waals surface area (Å²) in [5.74, 6) is -1.69. The number of hydrogen-bond acceptors (Lipinski definition) is 12.